The Morgan fingerprint density at radius 2 is 1.89 bits per heavy atom. The van der Waals surface area contributed by atoms with Crippen LogP contribution >= 0.6 is 0 Å². The van der Waals surface area contributed by atoms with E-state index in [1.54, 1.807) is 10.9 Å². The Bertz CT molecular complexity index is 1290. The summed E-state index contributed by atoms with van der Waals surface area (Å²) in [7, 11) is 0. The van der Waals surface area contributed by atoms with Crippen LogP contribution in [0, 0.1) is 23.2 Å². The lowest BCUT2D eigenvalue weighted by Gasteiger charge is -2.39. The van der Waals surface area contributed by atoms with Gasteiger partial charge in [0.05, 0.1) is 18.0 Å². The van der Waals surface area contributed by atoms with Gasteiger partial charge in [0.2, 0.25) is 5.91 Å². The first-order valence-electron chi connectivity index (χ1n) is 13.6. The molecule has 2 aromatic rings. The SMILES string of the molecule is CC1C=CC=CC1c1ccccc1CN[C@H]1CC[C@](CC#N)(n2cc(C(N)=O)c(NC(=O)C3CC3)n2)CC1. The van der Waals surface area contributed by atoms with Gasteiger partial charge in [-0.1, -0.05) is 55.5 Å². The van der Waals surface area contributed by atoms with Gasteiger partial charge in [0, 0.05) is 30.6 Å². The summed E-state index contributed by atoms with van der Waals surface area (Å²) in [6, 6.07) is 11.3. The fourth-order valence-electron chi connectivity index (χ4n) is 5.83. The zero-order chi connectivity index (χ0) is 26.7. The third-order valence-corrected chi connectivity index (χ3v) is 8.39. The molecular weight excluding hydrogens is 476 g/mol. The van der Waals surface area contributed by atoms with Crippen molar-refractivity contribution in [2.24, 2.45) is 17.6 Å². The Kier molecular flexibility index (Phi) is 7.48. The maximum Gasteiger partial charge on any atom is 0.254 e. The second-order valence-corrected chi connectivity index (χ2v) is 11.0. The van der Waals surface area contributed by atoms with Crippen molar-refractivity contribution < 1.29 is 9.59 Å². The molecule has 3 aliphatic rings. The molecule has 198 valence electrons. The first kappa shape index (κ1) is 25.9. The molecule has 1 aromatic carbocycles. The first-order chi connectivity index (χ1) is 18.4. The molecule has 5 rings (SSSR count). The number of aromatic nitrogens is 2. The number of anilines is 1. The average Bonchev–Trinajstić information content (AvgIpc) is 3.69. The molecule has 2 saturated carbocycles. The first-order valence-corrected chi connectivity index (χ1v) is 13.6. The van der Waals surface area contributed by atoms with Crippen LogP contribution in [0.5, 0.6) is 0 Å². The van der Waals surface area contributed by atoms with Crippen molar-refractivity contribution in [2.75, 3.05) is 5.32 Å². The van der Waals surface area contributed by atoms with Gasteiger partial charge in [-0.05, 0) is 55.6 Å². The van der Waals surface area contributed by atoms with E-state index in [2.05, 4.69) is 77.3 Å². The molecule has 8 nitrogen and oxygen atoms in total. The van der Waals surface area contributed by atoms with E-state index in [1.165, 1.54) is 11.1 Å². The van der Waals surface area contributed by atoms with Crippen molar-refractivity contribution in [3.8, 4) is 6.07 Å². The smallest absolute Gasteiger partial charge is 0.254 e. The van der Waals surface area contributed by atoms with Crippen molar-refractivity contribution in [3.05, 3.63) is 71.5 Å². The Balaban J connectivity index is 1.27. The van der Waals surface area contributed by atoms with E-state index < -0.39 is 11.4 Å². The van der Waals surface area contributed by atoms with E-state index in [-0.39, 0.29) is 29.6 Å². The highest BCUT2D eigenvalue weighted by Gasteiger charge is 2.39. The number of carbonyl (C=O) groups is 2. The van der Waals surface area contributed by atoms with Crippen LogP contribution in [0.2, 0.25) is 0 Å². The molecule has 1 aromatic heterocycles. The number of allylic oxidation sites excluding steroid dienone is 4. The summed E-state index contributed by atoms with van der Waals surface area (Å²) < 4.78 is 1.72. The largest absolute Gasteiger partial charge is 0.365 e. The minimum absolute atomic E-state index is 0.0191. The Hall–Kier alpha value is -3.70. The van der Waals surface area contributed by atoms with Crippen LogP contribution in [0.3, 0.4) is 0 Å². The number of nitrogens with two attached hydrogens (primary N) is 1. The lowest BCUT2D eigenvalue weighted by Crippen LogP contribution is -2.43. The Labute approximate surface area is 224 Å². The fourth-order valence-corrected chi connectivity index (χ4v) is 5.83. The van der Waals surface area contributed by atoms with E-state index in [0.29, 0.717) is 17.9 Å². The molecule has 0 saturated heterocycles. The molecule has 1 heterocycles. The van der Waals surface area contributed by atoms with Crippen LogP contribution in [0.1, 0.15) is 79.3 Å². The highest BCUT2D eigenvalue weighted by molar-refractivity contribution is 6.02. The van der Waals surface area contributed by atoms with E-state index in [1.807, 2.05) is 0 Å². The van der Waals surface area contributed by atoms with Gasteiger partial charge in [0.15, 0.2) is 5.82 Å². The molecule has 8 heteroatoms. The fraction of sp³-hybridized carbons (Fsp3) is 0.467. The molecular formula is C30H36N6O2. The lowest BCUT2D eigenvalue weighted by atomic mass is 9.77. The van der Waals surface area contributed by atoms with E-state index in [9.17, 15) is 14.9 Å². The van der Waals surface area contributed by atoms with Crippen LogP contribution < -0.4 is 16.4 Å². The Morgan fingerprint density at radius 1 is 1.16 bits per heavy atom. The molecule has 4 N–H and O–H groups in total. The van der Waals surface area contributed by atoms with Gasteiger partial charge in [-0.15, -0.1) is 0 Å². The number of nitrogens with one attached hydrogen (secondary N) is 2. The number of amides is 2. The van der Waals surface area contributed by atoms with E-state index in [4.69, 9.17) is 5.73 Å². The summed E-state index contributed by atoms with van der Waals surface area (Å²) in [4.78, 5) is 24.5. The van der Waals surface area contributed by atoms with Gasteiger partial charge in [-0.25, -0.2) is 0 Å². The van der Waals surface area contributed by atoms with Gasteiger partial charge in [0.1, 0.15) is 5.56 Å². The maximum atomic E-state index is 12.3. The monoisotopic (exact) mass is 512 g/mol. The molecule has 2 amide bonds. The number of rotatable bonds is 9. The molecule has 38 heavy (non-hydrogen) atoms. The number of primary amides is 1. The quantitative estimate of drug-likeness (QED) is 0.455. The predicted molar refractivity (Wildman–Crippen MR) is 146 cm³/mol. The average molecular weight is 513 g/mol. The third-order valence-electron chi connectivity index (χ3n) is 8.39. The minimum atomic E-state index is -0.638. The predicted octanol–water partition coefficient (Wildman–Crippen LogP) is 4.52. The summed E-state index contributed by atoms with van der Waals surface area (Å²) in [6.07, 6.45) is 15.6. The topological polar surface area (TPSA) is 126 Å². The molecule has 0 spiro atoms. The second kappa shape index (κ2) is 11.0. The third kappa shape index (κ3) is 5.44. The van der Waals surface area contributed by atoms with Crippen molar-refractivity contribution in [1.29, 1.82) is 5.26 Å². The zero-order valence-electron chi connectivity index (χ0n) is 21.9. The summed E-state index contributed by atoms with van der Waals surface area (Å²) >= 11 is 0. The second-order valence-electron chi connectivity index (χ2n) is 11.0. The van der Waals surface area contributed by atoms with Crippen LogP contribution in [-0.2, 0) is 16.9 Å². The van der Waals surface area contributed by atoms with Gasteiger partial charge >= 0.3 is 0 Å². The minimum Gasteiger partial charge on any atom is -0.365 e. The highest BCUT2D eigenvalue weighted by atomic mass is 16.2. The molecule has 0 bridgehead atoms. The number of carbonyl (C=O) groups excluding carboxylic acids is 2. The number of nitrogens with zero attached hydrogens (tertiary/aromatic N) is 3. The normalized spacial score (nSPS) is 26.6. The van der Waals surface area contributed by atoms with Crippen LogP contribution in [0.15, 0.2) is 54.8 Å². The van der Waals surface area contributed by atoms with Gasteiger partial charge < -0.3 is 16.4 Å². The standard InChI is InChI=1S/C30H36N6O2/c1-20-6-2-4-8-24(20)25-9-5-3-7-22(25)18-33-23-12-14-30(15-13-23,16-17-31)36-19-26(27(32)37)28(35-36)34-29(38)21-10-11-21/h2-9,19-21,23-24,33H,10-16,18H2,1H3,(H2,32,37)(H,34,35,38)/t20?,23-,24?,30-. The Morgan fingerprint density at radius 3 is 2.58 bits per heavy atom. The number of hydrogen-bond acceptors (Lipinski definition) is 5. The summed E-state index contributed by atoms with van der Waals surface area (Å²) in [6.45, 7) is 3.05. The van der Waals surface area contributed by atoms with Crippen molar-refractivity contribution >= 4 is 17.6 Å². The number of nitriles is 1. The van der Waals surface area contributed by atoms with Crippen molar-refractivity contribution in [2.45, 2.75) is 75.9 Å². The van der Waals surface area contributed by atoms with Gasteiger partial charge in [-0.2, -0.15) is 10.4 Å². The van der Waals surface area contributed by atoms with Crippen LogP contribution in [-0.4, -0.2) is 27.6 Å². The molecule has 0 aliphatic heterocycles. The highest BCUT2D eigenvalue weighted by Crippen LogP contribution is 2.39. The number of benzene rings is 1. The van der Waals surface area contributed by atoms with E-state index >= 15 is 0 Å². The molecule has 0 radical (unpaired) electrons. The van der Waals surface area contributed by atoms with E-state index in [0.717, 1.165) is 45.1 Å². The molecule has 2 fully saturated rings. The van der Waals surface area contributed by atoms with Gasteiger partial charge in [-0.3, -0.25) is 14.3 Å². The summed E-state index contributed by atoms with van der Waals surface area (Å²) in [5.74, 6) is 0.247. The van der Waals surface area contributed by atoms with Crippen molar-refractivity contribution in [1.82, 2.24) is 15.1 Å². The summed E-state index contributed by atoms with van der Waals surface area (Å²) in [5, 5.41) is 20.8. The van der Waals surface area contributed by atoms with Crippen LogP contribution in [0.4, 0.5) is 5.82 Å². The zero-order valence-corrected chi connectivity index (χ0v) is 21.9. The van der Waals surface area contributed by atoms with Gasteiger partial charge in [0.25, 0.3) is 5.91 Å². The lowest BCUT2D eigenvalue weighted by molar-refractivity contribution is -0.117. The number of hydrogen-bond donors (Lipinski definition) is 3. The molecule has 2 unspecified atom stereocenters. The van der Waals surface area contributed by atoms with Crippen LogP contribution in [0.25, 0.3) is 0 Å². The molecule has 2 atom stereocenters. The summed E-state index contributed by atoms with van der Waals surface area (Å²) in [5.41, 5.74) is 7.93. The van der Waals surface area contributed by atoms with Crippen molar-refractivity contribution in [3.63, 3.8) is 0 Å². The maximum absolute atomic E-state index is 12.3. The molecule has 3 aliphatic carbocycles.